The predicted molar refractivity (Wildman–Crippen MR) is 249 cm³/mol. The molecule has 0 aliphatic heterocycles. The Labute approximate surface area is 340 Å². The van der Waals surface area contributed by atoms with Crippen molar-refractivity contribution in [2.24, 2.45) is 0 Å². The molecule has 0 saturated heterocycles. The van der Waals surface area contributed by atoms with Crippen molar-refractivity contribution in [1.82, 2.24) is 0 Å². The maximum atomic E-state index is 2.54. The summed E-state index contributed by atoms with van der Waals surface area (Å²) in [5.41, 5.74) is 13.1. The summed E-state index contributed by atoms with van der Waals surface area (Å²) in [7, 11) is 0. The van der Waals surface area contributed by atoms with Gasteiger partial charge in [-0.25, -0.2) is 0 Å². The van der Waals surface area contributed by atoms with Crippen molar-refractivity contribution in [1.29, 1.82) is 0 Å². The number of anilines is 3. The van der Waals surface area contributed by atoms with E-state index in [1.54, 1.807) is 0 Å². The van der Waals surface area contributed by atoms with E-state index in [0.717, 1.165) is 17.1 Å². The van der Waals surface area contributed by atoms with Crippen molar-refractivity contribution in [3.05, 3.63) is 212 Å². The Kier molecular flexibility index (Phi) is 8.28. The first-order chi connectivity index (χ1) is 28.3. The van der Waals surface area contributed by atoms with Gasteiger partial charge in [0.25, 0.3) is 0 Å². The van der Waals surface area contributed by atoms with Crippen LogP contribution in [0.5, 0.6) is 0 Å². The molecule has 0 bridgehead atoms. The van der Waals surface area contributed by atoms with Crippen LogP contribution < -0.4 is 4.90 Å². The molecule has 0 aliphatic rings. The molecule has 0 radical (unpaired) electrons. The van der Waals surface area contributed by atoms with Crippen LogP contribution in [0, 0.1) is 0 Å². The molecular weight excluding hydrogens is 727 g/mol. The highest BCUT2D eigenvalue weighted by Crippen LogP contribution is 2.52. The number of benzene rings is 9. The summed E-state index contributed by atoms with van der Waals surface area (Å²) in [5, 5.41) is 5.15. The van der Waals surface area contributed by atoms with Crippen LogP contribution in [0.25, 0.3) is 84.9 Å². The van der Waals surface area contributed by atoms with Gasteiger partial charge < -0.3 is 4.90 Å². The summed E-state index contributed by atoms with van der Waals surface area (Å²) < 4.78 is 5.18. The third-order valence-corrected chi connectivity index (χ3v) is 13.5. The fourth-order valence-electron chi connectivity index (χ4n) is 8.62. The highest BCUT2D eigenvalue weighted by atomic mass is 32.1. The summed E-state index contributed by atoms with van der Waals surface area (Å²) in [6.45, 7) is 0. The first-order valence-electron chi connectivity index (χ1n) is 19.4. The van der Waals surface area contributed by atoms with Gasteiger partial charge in [0.1, 0.15) is 0 Å². The van der Waals surface area contributed by atoms with Gasteiger partial charge in [-0.05, 0) is 64.2 Å². The number of rotatable bonds is 7. The van der Waals surface area contributed by atoms with E-state index in [2.05, 4.69) is 217 Å². The fraction of sp³-hybridized carbons (Fsp3) is 0. The molecule has 0 unspecified atom stereocenters. The van der Waals surface area contributed by atoms with E-state index in [-0.39, 0.29) is 0 Å². The van der Waals surface area contributed by atoms with Gasteiger partial charge in [0.15, 0.2) is 0 Å². The molecule has 0 fully saturated rings. The molecule has 2 aromatic heterocycles. The number of nitrogens with zero attached hydrogens (tertiary/aromatic N) is 1. The number of hydrogen-bond acceptors (Lipinski definition) is 3. The lowest BCUT2D eigenvalue weighted by Gasteiger charge is -2.31. The summed E-state index contributed by atoms with van der Waals surface area (Å²) >= 11 is 3.75. The number of para-hydroxylation sites is 2. The fourth-order valence-corrected chi connectivity index (χ4v) is 11.0. The highest BCUT2D eigenvalue weighted by Gasteiger charge is 2.25. The van der Waals surface area contributed by atoms with Crippen molar-refractivity contribution >= 4 is 80.1 Å². The SMILES string of the molecule is c1ccc(-c2ccccc2-c2ccccc2-c2ccccc2N(c2ccccc2-c2cccc3c2sc2ccccc23)c2cccc3sc4ccccc4c23)cc1. The molecule has 57 heavy (non-hydrogen) atoms. The Morgan fingerprint density at radius 1 is 0.263 bits per heavy atom. The van der Waals surface area contributed by atoms with E-state index in [9.17, 15) is 0 Å². The third-order valence-electron chi connectivity index (χ3n) is 11.1. The average molecular weight is 762 g/mol. The first kappa shape index (κ1) is 33.5. The maximum absolute atomic E-state index is 2.54. The van der Waals surface area contributed by atoms with Crippen molar-refractivity contribution in [2.45, 2.75) is 0 Å². The standard InChI is InChI=1S/C54H35NS2/c1-2-18-36(19-3-1)37-20-4-5-21-38(37)39-22-6-7-23-40(39)41-24-8-12-30-47(41)55(49-32-17-35-52-53(49)46-27-11-15-34-51(46)56-52)48-31-13-9-25-42(48)44-28-16-29-45-43-26-10-14-33-50(43)57-54(44)45/h1-35H. The molecule has 0 N–H and O–H groups in total. The first-order valence-corrected chi connectivity index (χ1v) is 21.0. The van der Waals surface area contributed by atoms with Gasteiger partial charge in [0, 0.05) is 57.0 Å². The number of thiophene rings is 2. The Balaban J connectivity index is 1.20. The molecular formula is C54H35NS2. The lowest BCUT2D eigenvalue weighted by atomic mass is 9.88. The van der Waals surface area contributed by atoms with Crippen LogP contribution in [0.3, 0.4) is 0 Å². The number of fused-ring (bicyclic) bond motifs is 6. The minimum Gasteiger partial charge on any atom is -0.309 e. The molecule has 0 aliphatic carbocycles. The van der Waals surface area contributed by atoms with Crippen molar-refractivity contribution in [3.63, 3.8) is 0 Å². The topological polar surface area (TPSA) is 3.24 Å². The van der Waals surface area contributed by atoms with E-state index in [0.29, 0.717) is 0 Å². The smallest absolute Gasteiger partial charge is 0.0555 e. The van der Waals surface area contributed by atoms with Crippen LogP contribution >= 0.6 is 22.7 Å². The van der Waals surface area contributed by atoms with Gasteiger partial charge in [-0.2, -0.15) is 0 Å². The molecule has 2 heterocycles. The maximum Gasteiger partial charge on any atom is 0.0555 e. The molecule has 0 saturated carbocycles. The highest BCUT2D eigenvalue weighted by molar-refractivity contribution is 7.26. The molecule has 11 aromatic rings. The minimum atomic E-state index is 1.13. The van der Waals surface area contributed by atoms with Gasteiger partial charge in [0.05, 0.1) is 17.1 Å². The van der Waals surface area contributed by atoms with E-state index in [1.807, 2.05) is 22.7 Å². The Hall–Kier alpha value is -6.78. The van der Waals surface area contributed by atoms with E-state index in [4.69, 9.17) is 0 Å². The lowest BCUT2D eigenvalue weighted by molar-refractivity contribution is 1.30. The van der Waals surface area contributed by atoms with Crippen LogP contribution in [0.4, 0.5) is 17.1 Å². The van der Waals surface area contributed by atoms with Crippen LogP contribution in [-0.2, 0) is 0 Å². The predicted octanol–water partition coefficient (Wildman–Crippen LogP) is 16.6. The molecule has 0 amide bonds. The summed E-state index contributed by atoms with van der Waals surface area (Å²) in [4.78, 5) is 2.54. The Morgan fingerprint density at radius 3 is 1.42 bits per heavy atom. The Morgan fingerprint density at radius 2 is 0.702 bits per heavy atom. The van der Waals surface area contributed by atoms with Crippen molar-refractivity contribution < 1.29 is 0 Å². The molecule has 3 heteroatoms. The lowest BCUT2D eigenvalue weighted by Crippen LogP contribution is -2.13. The summed E-state index contributed by atoms with van der Waals surface area (Å²) in [6, 6.07) is 77.7. The van der Waals surface area contributed by atoms with E-state index < -0.39 is 0 Å². The quantitative estimate of drug-likeness (QED) is 0.156. The van der Waals surface area contributed by atoms with Crippen LogP contribution in [0.2, 0.25) is 0 Å². The molecule has 9 aromatic carbocycles. The molecule has 11 rings (SSSR count). The zero-order valence-electron chi connectivity index (χ0n) is 31.0. The zero-order chi connectivity index (χ0) is 37.7. The molecule has 0 atom stereocenters. The number of hydrogen-bond donors (Lipinski definition) is 0. The normalized spacial score (nSPS) is 11.5. The van der Waals surface area contributed by atoms with Gasteiger partial charge in [-0.3, -0.25) is 0 Å². The average Bonchev–Trinajstić information content (AvgIpc) is 3.86. The third kappa shape index (κ3) is 5.66. The van der Waals surface area contributed by atoms with Crippen LogP contribution in [0.15, 0.2) is 212 Å². The largest absolute Gasteiger partial charge is 0.309 e. The Bertz CT molecular complexity index is 3260. The van der Waals surface area contributed by atoms with Crippen molar-refractivity contribution in [2.75, 3.05) is 4.90 Å². The van der Waals surface area contributed by atoms with Crippen LogP contribution in [0.1, 0.15) is 0 Å². The minimum absolute atomic E-state index is 1.13. The van der Waals surface area contributed by atoms with Crippen molar-refractivity contribution in [3.8, 4) is 44.5 Å². The van der Waals surface area contributed by atoms with E-state index >= 15 is 0 Å². The molecule has 268 valence electrons. The summed E-state index contributed by atoms with van der Waals surface area (Å²) in [6.07, 6.45) is 0. The second-order valence-electron chi connectivity index (χ2n) is 14.4. The van der Waals surface area contributed by atoms with Gasteiger partial charge >= 0.3 is 0 Å². The van der Waals surface area contributed by atoms with Gasteiger partial charge in [0.2, 0.25) is 0 Å². The van der Waals surface area contributed by atoms with Gasteiger partial charge in [-0.1, -0.05) is 176 Å². The second-order valence-corrected chi connectivity index (χ2v) is 16.5. The second kappa shape index (κ2) is 14.1. The molecule has 0 spiro atoms. The van der Waals surface area contributed by atoms with E-state index in [1.165, 1.54) is 84.9 Å². The summed E-state index contributed by atoms with van der Waals surface area (Å²) in [5.74, 6) is 0. The molecule has 1 nitrogen and oxygen atoms in total. The van der Waals surface area contributed by atoms with Crippen LogP contribution in [-0.4, -0.2) is 0 Å². The zero-order valence-corrected chi connectivity index (χ0v) is 32.6. The van der Waals surface area contributed by atoms with Gasteiger partial charge in [-0.15, -0.1) is 22.7 Å². The monoisotopic (exact) mass is 761 g/mol.